The van der Waals surface area contributed by atoms with Crippen LogP contribution in [0.15, 0.2) is 22.7 Å². The summed E-state index contributed by atoms with van der Waals surface area (Å²) in [6.07, 6.45) is 0.722. The first kappa shape index (κ1) is 13.7. The Balaban J connectivity index is 1.94. The maximum atomic E-state index is 13.0. The lowest BCUT2D eigenvalue weighted by atomic mass is 10.1. The van der Waals surface area contributed by atoms with Gasteiger partial charge in [-0.15, -0.1) is 0 Å². The van der Waals surface area contributed by atoms with E-state index in [2.05, 4.69) is 15.9 Å². The van der Waals surface area contributed by atoms with Crippen molar-refractivity contribution in [1.29, 1.82) is 0 Å². The van der Waals surface area contributed by atoms with E-state index in [1.54, 1.807) is 7.11 Å². The number of likely N-dealkylation sites (tertiary alicyclic amines) is 1. The van der Waals surface area contributed by atoms with Gasteiger partial charge in [-0.2, -0.15) is 0 Å². The average molecular weight is 320 g/mol. The molecule has 0 saturated carbocycles. The van der Waals surface area contributed by atoms with E-state index in [0.29, 0.717) is 13.1 Å². The van der Waals surface area contributed by atoms with Crippen molar-refractivity contribution in [3.8, 4) is 5.75 Å². The van der Waals surface area contributed by atoms with Gasteiger partial charge in [0, 0.05) is 24.0 Å². The highest BCUT2D eigenvalue weighted by Crippen LogP contribution is 2.28. The largest absolute Gasteiger partial charge is 0.497 e. The van der Waals surface area contributed by atoms with Gasteiger partial charge >= 0.3 is 0 Å². The quantitative estimate of drug-likeness (QED) is 0.844. The van der Waals surface area contributed by atoms with E-state index in [0.717, 1.165) is 22.2 Å². The third-order valence-electron chi connectivity index (χ3n) is 3.20. The fraction of sp³-hybridized carbons (Fsp3) is 0.538. The number of hydrogen-bond donors (Lipinski definition) is 0. The van der Waals surface area contributed by atoms with E-state index in [1.807, 2.05) is 23.1 Å². The van der Waals surface area contributed by atoms with Crippen LogP contribution in [-0.4, -0.2) is 37.6 Å². The Morgan fingerprint density at radius 1 is 1.44 bits per heavy atom. The van der Waals surface area contributed by atoms with E-state index in [-0.39, 0.29) is 13.0 Å². The van der Waals surface area contributed by atoms with Crippen LogP contribution in [0.4, 0.5) is 8.78 Å². The first-order valence-corrected chi connectivity index (χ1v) is 6.72. The molecular formula is C13H16BrF2NO. The molecule has 0 unspecified atom stereocenters. The van der Waals surface area contributed by atoms with E-state index < -0.39 is 5.92 Å². The van der Waals surface area contributed by atoms with Crippen LogP contribution in [0.1, 0.15) is 12.0 Å². The number of methoxy groups -OCH3 is 1. The molecule has 0 amide bonds. The molecule has 1 aromatic carbocycles. The zero-order valence-electron chi connectivity index (χ0n) is 10.3. The standard InChI is InChI=1S/C13H16BrF2NO/c1-18-11-2-3-12(14)10(8-11)4-6-17-7-5-13(15,16)9-17/h2-3,8H,4-7,9H2,1H3. The first-order valence-electron chi connectivity index (χ1n) is 5.93. The molecule has 0 aliphatic carbocycles. The second-order valence-electron chi connectivity index (χ2n) is 4.59. The molecule has 0 atom stereocenters. The zero-order valence-corrected chi connectivity index (χ0v) is 11.8. The number of rotatable bonds is 4. The fourth-order valence-electron chi connectivity index (χ4n) is 2.15. The Hall–Kier alpha value is -0.680. The van der Waals surface area contributed by atoms with Crippen molar-refractivity contribution in [2.75, 3.05) is 26.7 Å². The number of nitrogens with zero attached hydrogens (tertiary/aromatic N) is 1. The number of alkyl halides is 2. The molecule has 1 aliphatic rings. The van der Waals surface area contributed by atoms with Crippen LogP contribution < -0.4 is 4.74 Å². The van der Waals surface area contributed by atoms with Crippen LogP contribution >= 0.6 is 15.9 Å². The SMILES string of the molecule is COc1ccc(Br)c(CCN2CCC(F)(F)C2)c1. The minimum absolute atomic E-state index is 0.0215. The van der Waals surface area contributed by atoms with E-state index in [1.165, 1.54) is 0 Å². The van der Waals surface area contributed by atoms with Gasteiger partial charge in [-0.05, 0) is 30.2 Å². The lowest BCUT2D eigenvalue weighted by molar-refractivity contribution is 0.0123. The van der Waals surface area contributed by atoms with Gasteiger partial charge in [-0.3, -0.25) is 4.90 Å². The molecule has 100 valence electrons. The van der Waals surface area contributed by atoms with Crippen LogP contribution in [-0.2, 0) is 6.42 Å². The number of halogens is 3. The summed E-state index contributed by atoms with van der Waals surface area (Å²) in [5.74, 6) is -1.72. The summed E-state index contributed by atoms with van der Waals surface area (Å²) in [6.45, 7) is 1.02. The smallest absolute Gasteiger partial charge is 0.261 e. The summed E-state index contributed by atoms with van der Waals surface area (Å²) in [5.41, 5.74) is 1.09. The minimum Gasteiger partial charge on any atom is -0.497 e. The average Bonchev–Trinajstić information content (AvgIpc) is 2.68. The van der Waals surface area contributed by atoms with Crippen LogP contribution in [0.25, 0.3) is 0 Å². The van der Waals surface area contributed by atoms with Crippen molar-refractivity contribution in [3.05, 3.63) is 28.2 Å². The highest BCUT2D eigenvalue weighted by molar-refractivity contribution is 9.10. The molecule has 1 heterocycles. The van der Waals surface area contributed by atoms with Crippen molar-refractivity contribution < 1.29 is 13.5 Å². The molecular weight excluding hydrogens is 304 g/mol. The number of benzene rings is 1. The van der Waals surface area contributed by atoms with Crippen molar-refractivity contribution in [1.82, 2.24) is 4.90 Å². The van der Waals surface area contributed by atoms with Gasteiger partial charge in [0.1, 0.15) is 5.75 Å². The summed E-state index contributed by atoms with van der Waals surface area (Å²) in [7, 11) is 1.62. The van der Waals surface area contributed by atoms with Gasteiger partial charge < -0.3 is 4.74 Å². The molecule has 1 aromatic rings. The molecule has 1 fully saturated rings. The Kier molecular flexibility index (Phi) is 4.22. The van der Waals surface area contributed by atoms with Gasteiger partial charge in [-0.1, -0.05) is 15.9 Å². The van der Waals surface area contributed by atoms with Gasteiger partial charge in [0.15, 0.2) is 0 Å². The molecule has 1 saturated heterocycles. The highest BCUT2D eigenvalue weighted by Gasteiger charge is 2.37. The molecule has 5 heteroatoms. The second kappa shape index (κ2) is 5.53. The van der Waals surface area contributed by atoms with E-state index in [4.69, 9.17) is 4.74 Å². The first-order chi connectivity index (χ1) is 8.50. The zero-order chi connectivity index (χ0) is 13.2. The monoisotopic (exact) mass is 319 g/mol. The Morgan fingerprint density at radius 3 is 2.83 bits per heavy atom. The van der Waals surface area contributed by atoms with Crippen molar-refractivity contribution in [3.63, 3.8) is 0 Å². The highest BCUT2D eigenvalue weighted by atomic mass is 79.9. The summed E-state index contributed by atoms with van der Waals surface area (Å²) in [6, 6.07) is 5.74. The molecule has 2 nitrogen and oxygen atoms in total. The van der Waals surface area contributed by atoms with Gasteiger partial charge in [0.2, 0.25) is 0 Å². The van der Waals surface area contributed by atoms with Crippen LogP contribution in [0.2, 0.25) is 0 Å². The maximum absolute atomic E-state index is 13.0. The number of ether oxygens (including phenoxy) is 1. The third kappa shape index (κ3) is 3.42. The van der Waals surface area contributed by atoms with Crippen molar-refractivity contribution >= 4 is 15.9 Å². The van der Waals surface area contributed by atoms with Gasteiger partial charge in [0.05, 0.1) is 13.7 Å². The normalized spacial score (nSPS) is 19.1. The topological polar surface area (TPSA) is 12.5 Å². The number of hydrogen-bond acceptors (Lipinski definition) is 2. The predicted molar refractivity (Wildman–Crippen MR) is 70.4 cm³/mol. The summed E-state index contributed by atoms with van der Waals surface area (Å²) >= 11 is 3.47. The van der Waals surface area contributed by atoms with E-state index >= 15 is 0 Å². The van der Waals surface area contributed by atoms with Crippen molar-refractivity contribution in [2.45, 2.75) is 18.8 Å². The minimum atomic E-state index is -2.51. The van der Waals surface area contributed by atoms with Crippen LogP contribution in [0, 0.1) is 0 Å². The summed E-state index contributed by atoms with van der Waals surface area (Å²) in [4.78, 5) is 1.81. The lowest BCUT2D eigenvalue weighted by Crippen LogP contribution is -2.27. The molecule has 0 radical (unpaired) electrons. The van der Waals surface area contributed by atoms with Crippen LogP contribution in [0.5, 0.6) is 5.75 Å². The molecule has 18 heavy (non-hydrogen) atoms. The Bertz CT molecular complexity index is 425. The second-order valence-corrected chi connectivity index (χ2v) is 5.44. The maximum Gasteiger partial charge on any atom is 0.261 e. The molecule has 0 N–H and O–H groups in total. The molecule has 0 aromatic heterocycles. The van der Waals surface area contributed by atoms with Gasteiger partial charge in [-0.25, -0.2) is 8.78 Å². The molecule has 1 aliphatic heterocycles. The van der Waals surface area contributed by atoms with E-state index in [9.17, 15) is 8.78 Å². The predicted octanol–water partition coefficient (Wildman–Crippen LogP) is 3.34. The third-order valence-corrected chi connectivity index (χ3v) is 3.97. The fourth-order valence-corrected chi connectivity index (χ4v) is 2.59. The molecule has 0 spiro atoms. The van der Waals surface area contributed by atoms with Gasteiger partial charge in [0.25, 0.3) is 5.92 Å². The Labute approximate surface area is 114 Å². The molecule has 0 bridgehead atoms. The van der Waals surface area contributed by atoms with Crippen molar-refractivity contribution in [2.24, 2.45) is 0 Å². The molecule has 2 rings (SSSR count). The van der Waals surface area contributed by atoms with Crippen LogP contribution in [0.3, 0.4) is 0 Å². The Morgan fingerprint density at radius 2 is 2.22 bits per heavy atom. The summed E-state index contributed by atoms with van der Waals surface area (Å²) < 4.78 is 32.2. The lowest BCUT2D eigenvalue weighted by Gasteiger charge is -2.16. The summed E-state index contributed by atoms with van der Waals surface area (Å²) in [5, 5.41) is 0.